The van der Waals surface area contributed by atoms with Gasteiger partial charge in [0.1, 0.15) is 17.4 Å². The van der Waals surface area contributed by atoms with E-state index in [1.165, 1.54) is 0 Å². The summed E-state index contributed by atoms with van der Waals surface area (Å²) >= 11 is 0. The summed E-state index contributed by atoms with van der Waals surface area (Å²) in [6, 6.07) is 5.13. The van der Waals surface area contributed by atoms with Crippen molar-refractivity contribution in [3.63, 3.8) is 0 Å². The van der Waals surface area contributed by atoms with Crippen molar-refractivity contribution in [2.75, 3.05) is 6.61 Å². The molecule has 178 valence electrons. The van der Waals surface area contributed by atoms with Crippen molar-refractivity contribution in [2.45, 2.75) is 56.8 Å². The second-order valence-corrected chi connectivity index (χ2v) is 9.24. The van der Waals surface area contributed by atoms with Gasteiger partial charge in [0.15, 0.2) is 17.2 Å². The molecule has 3 aliphatic carbocycles. The monoisotopic (exact) mass is 459 g/mol. The van der Waals surface area contributed by atoms with Crippen molar-refractivity contribution < 1.29 is 39.5 Å². The van der Waals surface area contributed by atoms with Gasteiger partial charge in [-0.2, -0.15) is 0 Å². The van der Waals surface area contributed by atoms with Gasteiger partial charge in [0.05, 0.1) is 24.4 Å². The van der Waals surface area contributed by atoms with Gasteiger partial charge >= 0.3 is 0 Å². The van der Waals surface area contributed by atoms with E-state index in [1.807, 2.05) is 6.92 Å². The van der Waals surface area contributed by atoms with E-state index in [2.05, 4.69) is 0 Å². The number of ether oxygens (including phenoxy) is 1. The SMILES string of the molecule is CCCCOc1cccc2c1C(=O)C1=C(O)[C@]3(O)C(=O)C(C(N)=O)C(O)C[C@@H]3[C@@H](O)[C@@H]1[C@H]2C. The van der Waals surface area contributed by atoms with Crippen LogP contribution in [0, 0.1) is 17.8 Å². The van der Waals surface area contributed by atoms with Crippen LogP contribution < -0.4 is 10.5 Å². The number of unbranched alkanes of at least 4 members (excludes halogenated alkanes) is 1. The first-order valence-electron chi connectivity index (χ1n) is 11.2. The van der Waals surface area contributed by atoms with Gasteiger partial charge in [0.25, 0.3) is 0 Å². The molecule has 0 radical (unpaired) electrons. The van der Waals surface area contributed by atoms with Crippen LogP contribution in [0.15, 0.2) is 29.5 Å². The zero-order valence-electron chi connectivity index (χ0n) is 18.5. The molecule has 4 rings (SSSR count). The normalized spacial score (nSPS) is 35.5. The summed E-state index contributed by atoms with van der Waals surface area (Å²) in [5, 5.41) is 44.1. The molecule has 0 heterocycles. The van der Waals surface area contributed by atoms with E-state index in [9.17, 15) is 34.8 Å². The van der Waals surface area contributed by atoms with E-state index < -0.39 is 64.7 Å². The number of benzene rings is 1. The van der Waals surface area contributed by atoms with Gasteiger partial charge in [-0.15, -0.1) is 0 Å². The molecule has 1 aromatic carbocycles. The smallest absolute Gasteiger partial charge is 0.230 e. The maximum atomic E-state index is 13.6. The van der Waals surface area contributed by atoms with Gasteiger partial charge in [-0.3, -0.25) is 14.4 Å². The molecule has 1 saturated carbocycles. The lowest BCUT2D eigenvalue weighted by atomic mass is 9.55. The number of rotatable bonds is 5. The van der Waals surface area contributed by atoms with Crippen LogP contribution in [-0.2, 0) is 9.59 Å². The maximum Gasteiger partial charge on any atom is 0.230 e. The summed E-state index contributed by atoms with van der Waals surface area (Å²) in [6.45, 7) is 4.16. The molecule has 0 aromatic heterocycles. The number of aliphatic hydroxyl groups is 4. The Labute approximate surface area is 190 Å². The number of amides is 1. The highest BCUT2D eigenvalue weighted by atomic mass is 16.5. The Morgan fingerprint density at radius 2 is 1.97 bits per heavy atom. The molecular weight excluding hydrogens is 430 g/mol. The number of Topliss-reactive ketones (excluding diaryl/α,β-unsaturated/α-hetero) is 2. The fourth-order valence-electron chi connectivity index (χ4n) is 5.69. The number of hydrogen-bond donors (Lipinski definition) is 5. The fraction of sp³-hybridized carbons (Fsp3) is 0.542. The minimum absolute atomic E-state index is 0.211. The molecule has 9 heteroatoms. The number of carbonyl (C=O) groups is 3. The third-order valence-corrected chi connectivity index (χ3v) is 7.43. The summed E-state index contributed by atoms with van der Waals surface area (Å²) in [5.41, 5.74) is 3.10. The fourth-order valence-corrected chi connectivity index (χ4v) is 5.69. The highest BCUT2D eigenvalue weighted by Crippen LogP contribution is 2.55. The minimum atomic E-state index is -2.71. The lowest BCUT2D eigenvalue weighted by Crippen LogP contribution is -2.67. The van der Waals surface area contributed by atoms with Crippen LogP contribution in [-0.4, -0.2) is 62.3 Å². The Hall–Kier alpha value is -2.75. The van der Waals surface area contributed by atoms with Crippen LogP contribution in [0.25, 0.3) is 0 Å². The number of ketones is 2. The van der Waals surface area contributed by atoms with E-state index >= 15 is 0 Å². The average molecular weight is 459 g/mol. The van der Waals surface area contributed by atoms with Crippen molar-refractivity contribution in [3.8, 4) is 5.75 Å². The summed E-state index contributed by atoms with van der Waals surface area (Å²) in [7, 11) is 0. The Bertz CT molecular complexity index is 1050. The van der Waals surface area contributed by atoms with E-state index in [1.54, 1.807) is 25.1 Å². The molecule has 7 atom stereocenters. The quantitative estimate of drug-likeness (QED) is 0.318. The van der Waals surface area contributed by atoms with Crippen LogP contribution in [0.2, 0.25) is 0 Å². The van der Waals surface area contributed by atoms with Gasteiger partial charge in [-0.05, 0) is 30.4 Å². The van der Waals surface area contributed by atoms with Crippen molar-refractivity contribution in [1.82, 2.24) is 0 Å². The molecule has 0 saturated heterocycles. The second-order valence-electron chi connectivity index (χ2n) is 9.24. The molecule has 2 unspecified atom stereocenters. The molecule has 1 aromatic rings. The number of aliphatic hydroxyl groups excluding tert-OH is 3. The molecule has 0 spiro atoms. The molecule has 6 N–H and O–H groups in total. The van der Waals surface area contributed by atoms with Crippen LogP contribution in [0.5, 0.6) is 5.75 Å². The minimum Gasteiger partial charge on any atom is -0.508 e. The first kappa shape index (κ1) is 23.4. The molecular formula is C24H29NO8. The highest BCUT2D eigenvalue weighted by molar-refractivity contribution is 6.15. The van der Waals surface area contributed by atoms with Crippen LogP contribution in [0.4, 0.5) is 0 Å². The summed E-state index contributed by atoms with van der Waals surface area (Å²) in [6.07, 6.45) is -1.65. The van der Waals surface area contributed by atoms with Gasteiger partial charge in [-0.1, -0.05) is 32.4 Å². The van der Waals surface area contributed by atoms with E-state index in [0.717, 1.165) is 12.8 Å². The molecule has 0 aliphatic heterocycles. The third kappa shape index (κ3) is 3.21. The molecule has 3 aliphatic rings. The highest BCUT2D eigenvalue weighted by Gasteiger charge is 2.65. The van der Waals surface area contributed by atoms with Crippen LogP contribution in [0.3, 0.4) is 0 Å². The molecule has 0 bridgehead atoms. The summed E-state index contributed by atoms with van der Waals surface area (Å²) < 4.78 is 5.81. The molecule has 33 heavy (non-hydrogen) atoms. The lowest BCUT2D eigenvalue weighted by Gasteiger charge is -2.52. The van der Waals surface area contributed by atoms with Crippen molar-refractivity contribution in [1.29, 1.82) is 0 Å². The number of carbonyl (C=O) groups excluding carboxylic acids is 3. The van der Waals surface area contributed by atoms with E-state index in [4.69, 9.17) is 10.5 Å². The maximum absolute atomic E-state index is 13.6. The topological polar surface area (TPSA) is 167 Å². The number of fused-ring (bicyclic) bond motifs is 3. The average Bonchev–Trinajstić information content (AvgIpc) is 2.76. The van der Waals surface area contributed by atoms with Crippen LogP contribution in [0.1, 0.15) is 54.9 Å². The zero-order valence-corrected chi connectivity index (χ0v) is 18.5. The Kier molecular flexibility index (Phi) is 5.84. The Balaban J connectivity index is 1.88. The van der Waals surface area contributed by atoms with Gasteiger partial charge in [0.2, 0.25) is 5.91 Å². The predicted molar refractivity (Wildman–Crippen MR) is 115 cm³/mol. The molecule has 1 amide bonds. The second kappa shape index (κ2) is 8.23. The van der Waals surface area contributed by atoms with Gasteiger partial charge < -0.3 is 30.9 Å². The number of hydrogen-bond acceptors (Lipinski definition) is 8. The van der Waals surface area contributed by atoms with E-state index in [0.29, 0.717) is 17.9 Å². The van der Waals surface area contributed by atoms with E-state index in [-0.39, 0.29) is 17.6 Å². The van der Waals surface area contributed by atoms with Gasteiger partial charge in [-0.25, -0.2) is 0 Å². The van der Waals surface area contributed by atoms with Crippen molar-refractivity contribution in [3.05, 3.63) is 40.7 Å². The zero-order chi connectivity index (χ0) is 24.2. The first-order chi connectivity index (χ1) is 15.6. The van der Waals surface area contributed by atoms with Crippen molar-refractivity contribution in [2.24, 2.45) is 23.5 Å². The largest absolute Gasteiger partial charge is 0.508 e. The summed E-state index contributed by atoms with van der Waals surface area (Å²) in [4.78, 5) is 38.5. The Morgan fingerprint density at radius 3 is 2.61 bits per heavy atom. The van der Waals surface area contributed by atoms with Crippen molar-refractivity contribution >= 4 is 17.5 Å². The lowest BCUT2D eigenvalue weighted by molar-refractivity contribution is -0.179. The molecule has 1 fully saturated rings. The van der Waals surface area contributed by atoms with Crippen LogP contribution >= 0.6 is 0 Å². The predicted octanol–water partition coefficient (Wildman–Crippen LogP) is 0.751. The number of primary amides is 1. The van der Waals surface area contributed by atoms with Gasteiger partial charge in [0, 0.05) is 17.4 Å². The summed E-state index contributed by atoms with van der Waals surface area (Å²) in [5.74, 6) is -8.08. The third-order valence-electron chi connectivity index (χ3n) is 7.43. The standard InChI is InChI=1S/C24H29NO8/c1-3-4-8-33-14-7-5-6-11-10(2)15-18(20(28)16(11)14)22(30)24(32)12(19(15)27)9-13(26)17(21(24)29)23(25)31/h5-7,10,12-13,15,17,19,26-27,30,32H,3-4,8-9H2,1-2H3,(H2,25,31)/t10-,12+,13?,15+,17?,19+,24+/m0/s1. The molecule has 9 nitrogen and oxygen atoms in total. The first-order valence-corrected chi connectivity index (χ1v) is 11.2. The number of nitrogens with two attached hydrogens (primary N) is 1. The Morgan fingerprint density at radius 1 is 1.27 bits per heavy atom.